The van der Waals surface area contributed by atoms with Crippen LogP contribution >= 0.6 is 12.2 Å². The third kappa shape index (κ3) is 4.21. The van der Waals surface area contributed by atoms with Crippen LogP contribution in [0.1, 0.15) is 38.2 Å². The number of hydrazone groups is 1. The molecule has 5 heteroatoms. The Morgan fingerprint density at radius 3 is 2.53 bits per heavy atom. The van der Waals surface area contributed by atoms with Crippen molar-refractivity contribution in [2.24, 2.45) is 5.10 Å². The third-order valence-corrected chi connectivity index (χ3v) is 3.55. The smallest absolute Gasteiger partial charge is 0.187 e. The molecule has 1 fully saturated rings. The van der Waals surface area contributed by atoms with E-state index >= 15 is 0 Å². The fraction of sp³-hybridized carbons (Fsp3) is 0.429. The van der Waals surface area contributed by atoms with E-state index in [9.17, 15) is 0 Å². The molecule has 4 N–H and O–H groups in total. The van der Waals surface area contributed by atoms with Gasteiger partial charge in [0.25, 0.3) is 0 Å². The maximum atomic E-state index is 5.65. The van der Waals surface area contributed by atoms with Gasteiger partial charge in [-0.1, -0.05) is 25.0 Å². The average Bonchev–Trinajstić information content (AvgIpc) is 2.89. The summed E-state index contributed by atoms with van der Waals surface area (Å²) in [6.45, 7) is 1.94. The van der Waals surface area contributed by atoms with Crippen LogP contribution in [0.5, 0.6) is 0 Å². The highest BCUT2D eigenvalue weighted by Crippen LogP contribution is 2.17. The largest absolute Gasteiger partial charge is 0.399 e. The van der Waals surface area contributed by atoms with Gasteiger partial charge >= 0.3 is 0 Å². The number of thiocarbonyl (C=S) groups is 1. The summed E-state index contributed by atoms with van der Waals surface area (Å²) in [6, 6.07) is 8.13. The van der Waals surface area contributed by atoms with Crippen molar-refractivity contribution in [2.75, 3.05) is 5.73 Å². The molecule has 1 aromatic rings. The predicted octanol–water partition coefficient (Wildman–Crippen LogP) is 2.40. The molecular formula is C14H20N4S. The van der Waals surface area contributed by atoms with Gasteiger partial charge in [-0.25, -0.2) is 0 Å². The lowest BCUT2D eigenvalue weighted by Crippen LogP contribution is -2.38. The Morgan fingerprint density at radius 2 is 1.89 bits per heavy atom. The summed E-state index contributed by atoms with van der Waals surface area (Å²) in [6.07, 6.45) is 4.97. The molecule has 0 atom stereocenters. The molecular weight excluding hydrogens is 256 g/mol. The van der Waals surface area contributed by atoms with Crippen LogP contribution in [0.2, 0.25) is 0 Å². The van der Waals surface area contributed by atoms with Gasteiger partial charge in [-0.15, -0.1) is 0 Å². The van der Waals surface area contributed by atoms with E-state index in [4.69, 9.17) is 18.0 Å². The van der Waals surface area contributed by atoms with Crippen molar-refractivity contribution in [1.82, 2.24) is 10.7 Å². The summed E-state index contributed by atoms with van der Waals surface area (Å²) < 4.78 is 0. The molecule has 4 nitrogen and oxygen atoms in total. The van der Waals surface area contributed by atoms with Crippen LogP contribution in [0.4, 0.5) is 5.69 Å². The minimum absolute atomic E-state index is 0.507. The Labute approximate surface area is 119 Å². The molecule has 0 spiro atoms. The summed E-state index contributed by atoms with van der Waals surface area (Å²) in [7, 11) is 0. The maximum absolute atomic E-state index is 5.65. The van der Waals surface area contributed by atoms with E-state index in [1.165, 1.54) is 25.7 Å². The molecule has 2 rings (SSSR count). The second-order valence-electron chi connectivity index (χ2n) is 4.89. The van der Waals surface area contributed by atoms with Gasteiger partial charge in [-0.3, -0.25) is 5.43 Å². The number of hydrogen-bond acceptors (Lipinski definition) is 3. The first-order chi connectivity index (χ1) is 9.15. The van der Waals surface area contributed by atoms with Gasteiger partial charge < -0.3 is 11.1 Å². The van der Waals surface area contributed by atoms with E-state index in [1.807, 2.05) is 31.2 Å². The summed E-state index contributed by atoms with van der Waals surface area (Å²) in [5.74, 6) is 0. The molecule has 1 aromatic carbocycles. The summed E-state index contributed by atoms with van der Waals surface area (Å²) in [5, 5.41) is 8.18. The highest BCUT2D eigenvalue weighted by atomic mass is 32.1. The monoisotopic (exact) mass is 276 g/mol. The van der Waals surface area contributed by atoms with Crippen LogP contribution in [0.15, 0.2) is 29.4 Å². The molecule has 0 radical (unpaired) electrons. The molecule has 0 heterocycles. The Kier molecular flexibility index (Phi) is 4.74. The van der Waals surface area contributed by atoms with Crippen molar-refractivity contribution in [1.29, 1.82) is 0 Å². The fourth-order valence-corrected chi connectivity index (χ4v) is 2.42. The minimum atomic E-state index is 0.507. The molecule has 1 aliphatic rings. The average molecular weight is 276 g/mol. The first-order valence-corrected chi connectivity index (χ1v) is 7.02. The zero-order chi connectivity index (χ0) is 13.7. The van der Waals surface area contributed by atoms with Crippen molar-refractivity contribution >= 4 is 28.7 Å². The Hall–Kier alpha value is -1.62. The van der Waals surface area contributed by atoms with Crippen molar-refractivity contribution in [3.8, 4) is 0 Å². The molecule has 19 heavy (non-hydrogen) atoms. The molecule has 0 unspecified atom stereocenters. The molecule has 0 aliphatic heterocycles. The number of hydrogen-bond donors (Lipinski definition) is 3. The lowest BCUT2D eigenvalue weighted by atomic mass is 10.1. The van der Waals surface area contributed by atoms with Gasteiger partial charge in [0.2, 0.25) is 0 Å². The molecule has 1 aliphatic carbocycles. The van der Waals surface area contributed by atoms with Crippen molar-refractivity contribution in [2.45, 2.75) is 38.6 Å². The number of benzene rings is 1. The SMILES string of the molecule is C/C(=N/NC(=S)NC1CCCC1)c1ccc(N)cc1. The summed E-state index contributed by atoms with van der Waals surface area (Å²) in [4.78, 5) is 0. The molecule has 0 bridgehead atoms. The predicted molar refractivity (Wildman–Crippen MR) is 84.2 cm³/mol. The lowest BCUT2D eigenvalue weighted by Gasteiger charge is -2.13. The van der Waals surface area contributed by atoms with E-state index < -0.39 is 0 Å². The zero-order valence-electron chi connectivity index (χ0n) is 11.1. The molecule has 0 amide bonds. The number of nitrogens with one attached hydrogen (secondary N) is 2. The third-order valence-electron chi connectivity index (χ3n) is 3.34. The second kappa shape index (κ2) is 6.52. The topological polar surface area (TPSA) is 62.4 Å². The van der Waals surface area contributed by atoms with E-state index in [2.05, 4.69) is 15.8 Å². The van der Waals surface area contributed by atoms with Crippen LogP contribution in [0, 0.1) is 0 Å². The van der Waals surface area contributed by atoms with Crippen LogP contribution < -0.4 is 16.5 Å². The quantitative estimate of drug-likeness (QED) is 0.343. The fourth-order valence-electron chi connectivity index (χ4n) is 2.21. The number of anilines is 1. The van der Waals surface area contributed by atoms with Crippen LogP contribution in [-0.2, 0) is 0 Å². The second-order valence-corrected chi connectivity index (χ2v) is 5.29. The van der Waals surface area contributed by atoms with E-state index in [0.29, 0.717) is 11.2 Å². The Bertz CT molecular complexity index is 461. The Morgan fingerprint density at radius 1 is 1.26 bits per heavy atom. The first kappa shape index (κ1) is 13.8. The molecule has 0 saturated heterocycles. The van der Waals surface area contributed by atoms with Crippen LogP contribution in [0.25, 0.3) is 0 Å². The van der Waals surface area contributed by atoms with Gasteiger partial charge in [-0.2, -0.15) is 5.10 Å². The molecule has 0 aromatic heterocycles. The van der Waals surface area contributed by atoms with Gasteiger partial charge in [0, 0.05) is 11.7 Å². The maximum Gasteiger partial charge on any atom is 0.187 e. The zero-order valence-corrected chi connectivity index (χ0v) is 12.0. The number of nitrogen functional groups attached to an aromatic ring is 1. The molecule has 102 valence electrons. The number of nitrogens with two attached hydrogens (primary N) is 1. The first-order valence-electron chi connectivity index (χ1n) is 6.62. The standard InChI is InChI=1S/C14H20N4S/c1-10(11-6-8-12(15)9-7-11)17-18-14(19)16-13-4-2-3-5-13/h6-9,13H,2-5,15H2,1H3,(H2,16,18,19)/b17-10-. The van der Waals surface area contributed by atoms with Crippen molar-refractivity contribution in [3.05, 3.63) is 29.8 Å². The van der Waals surface area contributed by atoms with Gasteiger partial charge in [0.15, 0.2) is 5.11 Å². The number of nitrogens with zero attached hydrogens (tertiary/aromatic N) is 1. The van der Waals surface area contributed by atoms with Gasteiger partial charge in [0.1, 0.15) is 0 Å². The molecule has 1 saturated carbocycles. The van der Waals surface area contributed by atoms with Crippen molar-refractivity contribution in [3.63, 3.8) is 0 Å². The van der Waals surface area contributed by atoms with Crippen LogP contribution in [-0.4, -0.2) is 16.9 Å². The van der Waals surface area contributed by atoms with E-state index in [1.54, 1.807) is 0 Å². The lowest BCUT2D eigenvalue weighted by molar-refractivity contribution is 0.624. The summed E-state index contributed by atoms with van der Waals surface area (Å²) >= 11 is 5.23. The minimum Gasteiger partial charge on any atom is -0.399 e. The van der Waals surface area contributed by atoms with E-state index in [0.717, 1.165) is 17.0 Å². The number of rotatable bonds is 3. The highest BCUT2D eigenvalue weighted by Gasteiger charge is 2.15. The summed E-state index contributed by atoms with van der Waals surface area (Å²) in [5.41, 5.74) is 11.2. The normalized spacial score (nSPS) is 16.4. The highest BCUT2D eigenvalue weighted by molar-refractivity contribution is 7.80. The van der Waals surface area contributed by atoms with Crippen LogP contribution in [0.3, 0.4) is 0 Å². The van der Waals surface area contributed by atoms with E-state index in [-0.39, 0.29) is 0 Å². The van der Waals surface area contributed by atoms with Crippen molar-refractivity contribution < 1.29 is 0 Å². The van der Waals surface area contributed by atoms with Gasteiger partial charge in [-0.05, 0) is 49.7 Å². The Balaban J connectivity index is 1.86. The van der Waals surface area contributed by atoms with Gasteiger partial charge in [0.05, 0.1) is 5.71 Å².